The van der Waals surface area contributed by atoms with Gasteiger partial charge in [-0.2, -0.15) is 0 Å². The van der Waals surface area contributed by atoms with Crippen LogP contribution in [0.2, 0.25) is 0 Å². The molecule has 62 valence electrons. The van der Waals surface area contributed by atoms with Crippen molar-refractivity contribution in [2.45, 2.75) is 6.92 Å². The van der Waals surface area contributed by atoms with Crippen molar-refractivity contribution < 1.29 is 5.11 Å². The van der Waals surface area contributed by atoms with Gasteiger partial charge in [0.2, 0.25) is 0 Å². The van der Waals surface area contributed by atoms with Gasteiger partial charge in [-0.3, -0.25) is 0 Å². The number of aromatic amines is 1. The molecule has 0 fully saturated rings. The van der Waals surface area contributed by atoms with Crippen molar-refractivity contribution in [2.75, 3.05) is 5.73 Å². The van der Waals surface area contributed by atoms with E-state index in [1.807, 2.05) is 19.1 Å². The van der Waals surface area contributed by atoms with Crippen LogP contribution in [0.4, 0.5) is 5.95 Å². The molecule has 0 saturated carbocycles. The molecule has 4 N–H and O–H groups in total. The molecule has 0 atom stereocenters. The second kappa shape index (κ2) is 2.14. The number of aromatic hydroxyl groups is 1. The van der Waals surface area contributed by atoms with E-state index in [0.717, 1.165) is 11.1 Å². The fourth-order valence-corrected chi connectivity index (χ4v) is 1.18. The molecule has 0 amide bonds. The third-order valence-electron chi connectivity index (χ3n) is 1.85. The van der Waals surface area contributed by atoms with Gasteiger partial charge in [-0.05, 0) is 18.6 Å². The fraction of sp³-hybridized carbons (Fsp3) is 0.125. The smallest absolute Gasteiger partial charge is 0.198 e. The van der Waals surface area contributed by atoms with Crippen LogP contribution in [-0.4, -0.2) is 15.1 Å². The number of hydrogen-bond donors (Lipinski definition) is 3. The topological polar surface area (TPSA) is 74.9 Å². The molecule has 0 radical (unpaired) electrons. The lowest BCUT2D eigenvalue weighted by Gasteiger charge is -1.96. The number of anilines is 1. The summed E-state index contributed by atoms with van der Waals surface area (Å²) in [6, 6.07) is 3.66. The molecule has 0 unspecified atom stereocenters. The zero-order valence-corrected chi connectivity index (χ0v) is 6.63. The second-order valence-electron chi connectivity index (χ2n) is 2.75. The molecule has 2 aromatic rings. The molecule has 4 heteroatoms. The number of imidazole rings is 1. The minimum Gasteiger partial charge on any atom is -0.505 e. The maximum absolute atomic E-state index is 9.53. The molecule has 0 spiro atoms. The first-order valence-electron chi connectivity index (χ1n) is 3.62. The van der Waals surface area contributed by atoms with Crippen LogP contribution in [0.3, 0.4) is 0 Å². The molecule has 1 aromatic carbocycles. The van der Waals surface area contributed by atoms with Gasteiger partial charge in [0.1, 0.15) is 11.3 Å². The van der Waals surface area contributed by atoms with Gasteiger partial charge >= 0.3 is 0 Å². The van der Waals surface area contributed by atoms with Crippen LogP contribution in [0.15, 0.2) is 12.1 Å². The highest BCUT2D eigenvalue weighted by molar-refractivity contribution is 5.84. The summed E-state index contributed by atoms with van der Waals surface area (Å²) in [4.78, 5) is 6.78. The maximum Gasteiger partial charge on any atom is 0.198 e. The Morgan fingerprint density at radius 1 is 1.50 bits per heavy atom. The maximum atomic E-state index is 9.53. The van der Waals surface area contributed by atoms with Crippen molar-refractivity contribution in [2.24, 2.45) is 0 Å². The fourth-order valence-electron chi connectivity index (χ4n) is 1.18. The number of nitrogens with one attached hydrogen (secondary N) is 1. The lowest BCUT2D eigenvalue weighted by molar-refractivity contribution is 0.476. The molecule has 0 bridgehead atoms. The van der Waals surface area contributed by atoms with Gasteiger partial charge in [0, 0.05) is 0 Å². The van der Waals surface area contributed by atoms with E-state index < -0.39 is 0 Å². The highest BCUT2D eigenvalue weighted by Gasteiger charge is 2.06. The van der Waals surface area contributed by atoms with Gasteiger partial charge in [-0.1, -0.05) is 6.07 Å². The minimum atomic E-state index is 0.195. The monoisotopic (exact) mass is 163 g/mol. The number of aryl methyl sites for hydroxylation is 1. The van der Waals surface area contributed by atoms with Gasteiger partial charge in [-0.25, -0.2) is 4.98 Å². The molecule has 1 aromatic heterocycles. The number of nitrogens with two attached hydrogens (primary N) is 1. The van der Waals surface area contributed by atoms with E-state index in [4.69, 9.17) is 5.73 Å². The van der Waals surface area contributed by atoms with Crippen molar-refractivity contribution >= 4 is 17.0 Å². The Morgan fingerprint density at radius 2 is 2.25 bits per heavy atom. The Labute approximate surface area is 69.0 Å². The van der Waals surface area contributed by atoms with Crippen LogP contribution in [0.1, 0.15) is 5.56 Å². The predicted octanol–water partition coefficient (Wildman–Crippen LogP) is 1.16. The van der Waals surface area contributed by atoms with Crippen LogP contribution in [0.25, 0.3) is 11.0 Å². The molecule has 0 aliphatic heterocycles. The van der Waals surface area contributed by atoms with E-state index in [1.54, 1.807) is 0 Å². The van der Waals surface area contributed by atoms with Gasteiger partial charge in [0.15, 0.2) is 5.95 Å². The summed E-state index contributed by atoms with van der Waals surface area (Å²) in [6.45, 7) is 1.82. The van der Waals surface area contributed by atoms with Crippen molar-refractivity contribution in [1.82, 2.24) is 9.97 Å². The zero-order chi connectivity index (χ0) is 8.72. The number of benzene rings is 1. The summed E-state index contributed by atoms with van der Waals surface area (Å²) in [7, 11) is 0. The van der Waals surface area contributed by atoms with Crippen molar-refractivity contribution in [1.29, 1.82) is 0 Å². The van der Waals surface area contributed by atoms with Gasteiger partial charge in [0.05, 0.1) is 5.52 Å². The summed E-state index contributed by atoms with van der Waals surface area (Å²) in [5.41, 5.74) is 7.53. The normalized spacial score (nSPS) is 10.8. The van der Waals surface area contributed by atoms with Crippen LogP contribution >= 0.6 is 0 Å². The number of nitrogen functional groups attached to an aromatic ring is 1. The first-order chi connectivity index (χ1) is 5.68. The zero-order valence-electron chi connectivity index (χ0n) is 6.63. The third kappa shape index (κ3) is 0.812. The number of fused-ring (bicyclic) bond motifs is 1. The van der Waals surface area contributed by atoms with E-state index in [-0.39, 0.29) is 5.75 Å². The molecule has 2 rings (SSSR count). The molecule has 12 heavy (non-hydrogen) atoms. The number of phenols is 1. The van der Waals surface area contributed by atoms with Crippen LogP contribution in [0.5, 0.6) is 5.75 Å². The molecule has 1 heterocycles. The van der Waals surface area contributed by atoms with E-state index in [0.29, 0.717) is 11.5 Å². The lowest BCUT2D eigenvalue weighted by Crippen LogP contribution is -1.84. The Balaban J connectivity index is 2.89. The summed E-state index contributed by atoms with van der Waals surface area (Å²) < 4.78 is 0. The lowest BCUT2D eigenvalue weighted by atomic mass is 10.2. The van der Waals surface area contributed by atoms with Crippen molar-refractivity contribution in [3.63, 3.8) is 0 Å². The Bertz CT molecular complexity index is 433. The van der Waals surface area contributed by atoms with Crippen molar-refractivity contribution in [3.05, 3.63) is 17.7 Å². The Morgan fingerprint density at radius 3 is 3.00 bits per heavy atom. The summed E-state index contributed by atoms with van der Waals surface area (Å²) in [6.07, 6.45) is 0. The summed E-state index contributed by atoms with van der Waals surface area (Å²) >= 11 is 0. The number of hydrogen-bond acceptors (Lipinski definition) is 3. The van der Waals surface area contributed by atoms with Crippen LogP contribution in [-0.2, 0) is 0 Å². The molecule has 4 nitrogen and oxygen atoms in total. The number of phenolic OH excluding ortho intramolecular Hbond substituents is 1. The average Bonchev–Trinajstić information content (AvgIpc) is 2.39. The standard InChI is InChI=1S/C8H9N3O/c1-4-2-3-5-6(7(4)12)11-8(9)10-5/h2-3,12H,1H3,(H3,9,10,11). The van der Waals surface area contributed by atoms with E-state index >= 15 is 0 Å². The van der Waals surface area contributed by atoms with E-state index in [1.165, 1.54) is 0 Å². The Kier molecular flexibility index (Phi) is 1.24. The molecule has 0 aliphatic carbocycles. The molecular formula is C8H9N3O. The number of nitrogens with zero attached hydrogens (tertiary/aromatic N) is 1. The minimum absolute atomic E-state index is 0.195. The molecule has 0 aliphatic rings. The van der Waals surface area contributed by atoms with Gasteiger partial charge < -0.3 is 15.8 Å². The van der Waals surface area contributed by atoms with Crippen LogP contribution in [0, 0.1) is 6.92 Å². The summed E-state index contributed by atoms with van der Waals surface area (Å²) in [5, 5.41) is 9.53. The van der Waals surface area contributed by atoms with Crippen molar-refractivity contribution in [3.8, 4) is 5.75 Å². The largest absolute Gasteiger partial charge is 0.505 e. The molecular weight excluding hydrogens is 154 g/mol. The number of H-pyrrole nitrogens is 1. The second-order valence-corrected chi connectivity index (χ2v) is 2.75. The van der Waals surface area contributed by atoms with Gasteiger partial charge in [-0.15, -0.1) is 0 Å². The highest BCUT2D eigenvalue weighted by Crippen LogP contribution is 2.26. The highest BCUT2D eigenvalue weighted by atomic mass is 16.3. The van der Waals surface area contributed by atoms with E-state index in [2.05, 4.69) is 9.97 Å². The first-order valence-corrected chi connectivity index (χ1v) is 3.62. The quantitative estimate of drug-likeness (QED) is 0.545. The first kappa shape index (κ1) is 6.97. The van der Waals surface area contributed by atoms with Crippen LogP contribution < -0.4 is 5.73 Å². The number of aromatic nitrogens is 2. The predicted molar refractivity (Wildman–Crippen MR) is 46.9 cm³/mol. The molecule has 0 saturated heterocycles. The average molecular weight is 163 g/mol. The summed E-state index contributed by atoms with van der Waals surface area (Å²) in [5.74, 6) is 0.520. The third-order valence-corrected chi connectivity index (χ3v) is 1.85. The van der Waals surface area contributed by atoms with Gasteiger partial charge in [0.25, 0.3) is 0 Å². The SMILES string of the molecule is Cc1ccc2[nH]c(N)nc2c1O. The number of rotatable bonds is 0. The van der Waals surface area contributed by atoms with E-state index in [9.17, 15) is 5.11 Å². The Hall–Kier alpha value is -1.71.